The highest BCUT2D eigenvalue weighted by molar-refractivity contribution is 5.43. The average Bonchev–Trinajstić information content (AvgIpc) is 2.71. The highest BCUT2D eigenvalue weighted by atomic mass is 16.5. The minimum atomic E-state index is 0.650. The van der Waals surface area contributed by atoms with E-state index in [9.17, 15) is 0 Å². The van der Waals surface area contributed by atoms with Crippen molar-refractivity contribution >= 4 is 0 Å². The molecule has 6 heteroatoms. The first kappa shape index (κ1) is 20.4. The molecular weight excluding hydrogens is 344 g/mol. The van der Waals surface area contributed by atoms with Gasteiger partial charge in [-0.2, -0.15) is 0 Å². The molecule has 0 atom stereocenters. The van der Waals surface area contributed by atoms with E-state index in [4.69, 9.17) is 18.9 Å². The molecule has 3 rings (SSSR count). The van der Waals surface area contributed by atoms with Crippen LogP contribution in [-0.2, 0) is 15.9 Å². The molecule has 2 aliphatic rings. The molecule has 1 aromatic carbocycles. The van der Waals surface area contributed by atoms with E-state index in [1.54, 1.807) is 0 Å². The summed E-state index contributed by atoms with van der Waals surface area (Å²) in [5.74, 6) is 1.71. The number of rotatable bonds is 10. The molecule has 0 radical (unpaired) electrons. The second kappa shape index (κ2) is 11.5. The van der Waals surface area contributed by atoms with Gasteiger partial charge in [-0.1, -0.05) is 6.07 Å². The zero-order valence-electron chi connectivity index (χ0n) is 16.7. The lowest BCUT2D eigenvalue weighted by Crippen LogP contribution is -2.38. The molecule has 0 saturated carbocycles. The van der Waals surface area contributed by atoms with Gasteiger partial charge < -0.3 is 18.9 Å². The molecule has 2 aliphatic heterocycles. The molecule has 0 N–H and O–H groups in total. The third-order valence-electron chi connectivity index (χ3n) is 5.12. The van der Waals surface area contributed by atoms with Crippen molar-refractivity contribution in [2.75, 3.05) is 78.9 Å². The second-order valence-corrected chi connectivity index (χ2v) is 7.07. The number of morpholine rings is 2. The van der Waals surface area contributed by atoms with Gasteiger partial charge in [0.05, 0.1) is 33.0 Å². The summed E-state index contributed by atoms with van der Waals surface area (Å²) >= 11 is 0. The standard InChI is InChI=1S/C21H34N2O4/c1-2-26-21-18-19(4-3-7-22-8-13-24-14-9-22)5-6-20(21)27-17-12-23-10-15-25-16-11-23/h5-6,18H,2-4,7-17H2,1H3. The molecule has 0 bridgehead atoms. The first-order chi connectivity index (χ1) is 13.3. The highest BCUT2D eigenvalue weighted by Gasteiger charge is 2.12. The van der Waals surface area contributed by atoms with Crippen LogP contribution in [0.4, 0.5) is 0 Å². The van der Waals surface area contributed by atoms with Crippen molar-refractivity contribution in [2.24, 2.45) is 0 Å². The van der Waals surface area contributed by atoms with Crippen LogP contribution in [0.5, 0.6) is 11.5 Å². The fourth-order valence-corrected chi connectivity index (χ4v) is 3.54. The molecule has 2 saturated heterocycles. The zero-order chi connectivity index (χ0) is 18.7. The van der Waals surface area contributed by atoms with E-state index in [1.807, 2.05) is 6.92 Å². The Kier molecular flexibility index (Phi) is 8.68. The van der Waals surface area contributed by atoms with Gasteiger partial charge in [0.15, 0.2) is 11.5 Å². The molecular formula is C21H34N2O4. The molecule has 0 aliphatic carbocycles. The van der Waals surface area contributed by atoms with Crippen molar-refractivity contribution in [1.29, 1.82) is 0 Å². The summed E-state index contributed by atoms with van der Waals surface area (Å²) in [6.07, 6.45) is 2.22. The quantitative estimate of drug-likeness (QED) is 0.621. The Labute approximate surface area is 163 Å². The maximum atomic E-state index is 6.02. The number of benzene rings is 1. The molecule has 6 nitrogen and oxygen atoms in total. The average molecular weight is 379 g/mol. The molecule has 27 heavy (non-hydrogen) atoms. The molecule has 2 fully saturated rings. The fourth-order valence-electron chi connectivity index (χ4n) is 3.54. The predicted octanol–water partition coefficient (Wildman–Crippen LogP) is 2.06. The zero-order valence-corrected chi connectivity index (χ0v) is 16.7. The third kappa shape index (κ3) is 6.96. The Morgan fingerprint density at radius 3 is 2.19 bits per heavy atom. The van der Waals surface area contributed by atoms with E-state index in [0.29, 0.717) is 13.2 Å². The van der Waals surface area contributed by atoms with E-state index in [-0.39, 0.29) is 0 Å². The van der Waals surface area contributed by atoms with Gasteiger partial charge in [-0.15, -0.1) is 0 Å². The van der Waals surface area contributed by atoms with Crippen LogP contribution in [0.1, 0.15) is 18.9 Å². The van der Waals surface area contributed by atoms with Crippen molar-refractivity contribution < 1.29 is 18.9 Å². The molecule has 0 aromatic heterocycles. The van der Waals surface area contributed by atoms with E-state index in [2.05, 4.69) is 28.0 Å². The molecule has 152 valence electrons. The van der Waals surface area contributed by atoms with Crippen LogP contribution in [0.25, 0.3) is 0 Å². The third-order valence-corrected chi connectivity index (χ3v) is 5.12. The lowest BCUT2D eigenvalue weighted by atomic mass is 10.1. The smallest absolute Gasteiger partial charge is 0.161 e. The number of nitrogens with zero attached hydrogens (tertiary/aromatic N) is 2. The second-order valence-electron chi connectivity index (χ2n) is 7.07. The van der Waals surface area contributed by atoms with Crippen molar-refractivity contribution in [3.63, 3.8) is 0 Å². The predicted molar refractivity (Wildman–Crippen MR) is 106 cm³/mol. The minimum absolute atomic E-state index is 0.650. The van der Waals surface area contributed by atoms with E-state index < -0.39 is 0 Å². The summed E-state index contributed by atoms with van der Waals surface area (Å²) in [6.45, 7) is 12.9. The first-order valence-electron chi connectivity index (χ1n) is 10.3. The minimum Gasteiger partial charge on any atom is -0.490 e. The van der Waals surface area contributed by atoms with E-state index in [1.165, 1.54) is 5.56 Å². The Bertz CT molecular complexity index is 543. The van der Waals surface area contributed by atoms with Gasteiger partial charge in [0, 0.05) is 32.7 Å². The van der Waals surface area contributed by atoms with E-state index in [0.717, 1.165) is 90.0 Å². The lowest BCUT2D eigenvalue weighted by Gasteiger charge is -2.26. The van der Waals surface area contributed by atoms with Gasteiger partial charge in [0.25, 0.3) is 0 Å². The summed E-state index contributed by atoms with van der Waals surface area (Å²) in [5, 5.41) is 0. The summed E-state index contributed by atoms with van der Waals surface area (Å²) in [5.41, 5.74) is 1.31. The largest absolute Gasteiger partial charge is 0.490 e. The first-order valence-corrected chi connectivity index (χ1v) is 10.3. The normalized spacial score (nSPS) is 19.1. The number of ether oxygens (including phenoxy) is 4. The number of hydrogen-bond donors (Lipinski definition) is 0. The molecule has 1 aromatic rings. The summed E-state index contributed by atoms with van der Waals surface area (Å²) in [7, 11) is 0. The van der Waals surface area contributed by atoms with Crippen LogP contribution < -0.4 is 9.47 Å². The SMILES string of the molecule is CCOc1cc(CCCN2CCOCC2)ccc1OCCN1CCOCC1. The Hall–Kier alpha value is -1.34. The van der Waals surface area contributed by atoms with E-state index >= 15 is 0 Å². The van der Waals surface area contributed by atoms with Gasteiger partial charge in [-0.25, -0.2) is 0 Å². The number of hydrogen-bond acceptors (Lipinski definition) is 6. The van der Waals surface area contributed by atoms with Crippen molar-refractivity contribution in [2.45, 2.75) is 19.8 Å². The van der Waals surface area contributed by atoms with Crippen LogP contribution in [0.3, 0.4) is 0 Å². The van der Waals surface area contributed by atoms with Crippen molar-refractivity contribution in [1.82, 2.24) is 9.80 Å². The van der Waals surface area contributed by atoms with Crippen molar-refractivity contribution in [3.8, 4) is 11.5 Å². The summed E-state index contributed by atoms with van der Waals surface area (Å²) in [4.78, 5) is 4.86. The van der Waals surface area contributed by atoms with Crippen LogP contribution in [0.2, 0.25) is 0 Å². The van der Waals surface area contributed by atoms with Gasteiger partial charge in [-0.05, 0) is 44.0 Å². The van der Waals surface area contributed by atoms with Gasteiger partial charge >= 0.3 is 0 Å². The van der Waals surface area contributed by atoms with Crippen LogP contribution in [0, 0.1) is 0 Å². The van der Waals surface area contributed by atoms with Crippen LogP contribution >= 0.6 is 0 Å². The number of aryl methyl sites for hydroxylation is 1. The fraction of sp³-hybridized carbons (Fsp3) is 0.714. The van der Waals surface area contributed by atoms with Crippen LogP contribution in [0.15, 0.2) is 18.2 Å². The van der Waals surface area contributed by atoms with Gasteiger partial charge in [0.1, 0.15) is 6.61 Å². The highest BCUT2D eigenvalue weighted by Crippen LogP contribution is 2.29. The Morgan fingerprint density at radius 2 is 1.52 bits per heavy atom. The van der Waals surface area contributed by atoms with Crippen LogP contribution in [-0.4, -0.2) is 88.7 Å². The molecule has 2 heterocycles. The Balaban J connectivity index is 1.45. The van der Waals surface area contributed by atoms with Gasteiger partial charge in [-0.3, -0.25) is 9.80 Å². The maximum Gasteiger partial charge on any atom is 0.161 e. The maximum absolute atomic E-state index is 6.02. The molecule has 0 unspecified atom stereocenters. The van der Waals surface area contributed by atoms with Gasteiger partial charge in [0.2, 0.25) is 0 Å². The Morgan fingerprint density at radius 1 is 0.852 bits per heavy atom. The lowest BCUT2D eigenvalue weighted by molar-refractivity contribution is 0.0320. The summed E-state index contributed by atoms with van der Waals surface area (Å²) in [6, 6.07) is 6.38. The molecule has 0 amide bonds. The van der Waals surface area contributed by atoms with Crippen molar-refractivity contribution in [3.05, 3.63) is 23.8 Å². The molecule has 0 spiro atoms. The summed E-state index contributed by atoms with van der Waals surface area (Å²) < 4.78 is 22.6. The topological polar surface area (TPSA) is 43.4 Å². The monoisotopic (exact) mass is 378 g/mol.